The first-order valence-corrected chi connectivity index (χ1v) is 3.75. The third kappa shape index (κ3) is 3.04. The summed E-state index contributed by atoms with van der Waals surface area (Å²) in [5.41, 5.74) is 11.0. The second-order valence-corrected chi connectivity index (χ2v) is 2.42. The molecule has 0 radical (unpaired) electrons. The van der Waals surface area contributed by atoms with Gasteiger partial charge in [0.1, 0.15) is 5.82 Å². The summed E-state index contributed by atoms with van der Waals surface area (Å²) in [5, 5.41) is 2.72. The number of amides is 1. The number of hydrogen-bond acceptors (Lipinski definition) is 5. The fourth-order valence-corrected chi connectivity index (χ4v) is 0.768. The molecule has 6 heteroatoms. The Hall–Kier alpha value is -1.69. The Labute approximate surface area is 75.4 Å². The molecule has 70 valence electrons. The largest absolute Gasteiger partial charge is 0.368 e. The van der Waals surface area contributed by atoms with Crippen molar-refractivity contribution in [3.63, 3.8) is 0 Å². The van der Waals surface area contributed by atoms with Crippen molar-refractivity contribution in [1.82, 2.24) is 9.97 Å². The van der Waals surface area contributed by atoms with Crippen molar-refractivity contribution < 1.29 is 4.79 Å². The lowest BCUT2D eigenvalue weighted by atomic mass is 10.4. The molecule has 1 amide bonds. The minimum absolute atomic E-state index is 0.0443. The van der Waals surface area contributed by atoms with Crippen molar-refractivity contribution in [2.45, 2.75) is 6.54 Å². The van der Waals surface area contributed by atoms with E-state index in [-0.39, 0.29) is 6.54 Å². The number of anilines is 1. The molecular formula is C7H11N5O. The molecule has 0 aliphatic carbocycles. The van der Waals surface area contributed by atoms with Crippen LogP contribution in [-0.4, -0.2) is 22.4 Å². The zero-order valence-electron chi connectivity index (χ0n) is 7.03. The molecule has 0 saturated carbocycles. The van der Waals surface area contributed by atoms with Gasteiger partial charge in [0, 0.05) is 12.7 Å². The smallest absolute Gasteiger partial charge is 0.236 e. The lowest BCUT2D eigenvalue weighted by Crippen LogP contribution is -2.22. The number of nitrogens with two attached hydrogens (primary N) is 2. The Morgan fingerprint density at radius 1 is 1.54 bits per heavy atom. The van der Waals surface area contributed by atoms with Crippen LogP contribution in [-0.2, 0) is 11.3 Å². The van der Waals surface area contributed by atoms with Crippen LogP contribution in [0.15, 0.2) is 12.4 Å². The number of carbonyl (C=O) groups excluding carboxylic acids is 1. The molecule has 0 aliphatic rings. The molecule has 1 rings (SSSR count). The van der Waals surface area contributed by atoms with Gasteiger partial charge in [-0.1, -0.05) is 0 Å². The maximum absolute atomic E-state index is 10.4. The van der Waals surface area contributed by atoms with Gasteiger partial charge in [0.25, 0.3) is 0 Å². The van der Waals surface area contributed by atoms with Crippen molar-refractivity contribution in [2.75, 3.05) is 11.9 Å². The average molecular weight is 181 g/mol. The molecule has 5 N–H and O–H groups in total. The number of primary amides is 1. The van der Waals surface area contributed by atoms with Crippen LogP contribution in [0.25, 0.3) is 0 Å². The monoisotopic (exact) mass is 181 g/mol. The highest BCUT2D eigenvalue weighted by Crippen LogP contribution is 2.00. The zero-order chi connectivity index (χ0) is 9.68. The number of nitrogens with one attached hydrogen (secondary N) is 1. The van der Waals surface area contributed by atoms with Crippen LogP contribution in [0.4, 0.5) is 5.82 Å². The number of aromatic nitrogens is 2. The van der Waals surface area contributed by atoms with Crippen LogP contribution in [0.5, 0.6) is 0 Å². The van der Waals surface area contributed by atoms with Gasteiger partial charge in [-0.15, -0.1) is 0 Å². The molecule has 0 bridgehead atoms. The molecule has 6 nitrogen and oxygen atoms in total. The lowest BCUT2D eigenvalue weighted by molar-refractivity contribution is -0.116. The Bertz CT molecular complexity index is 301. The number of nitrogens with zero attached hydrogens (tertiary/aromatic N) is 2. The van der Waals surface area contributed by atoms with E-state index >= 15 is 0 Å². The normalized spacial score (nSPS) is 9.62. The number of carbonyl (C=O) groups is 1. The maximum atomic E-state index is 10.4. The van der Waals surface area contributed by atoms with E-state index in [0.717, 1.165) is 0 Å². The summed E-state index contributed by atoms with van der Waals surface area (Å²) < 4.78 is 0. The van der Waals surface area contributed by atoms with Crippen molar-refractivity contribution in [2.24, 2.45) is 11.5 Å². The zero-order valence-corrected chi connectivity index (χ0v) is 7.03. The number of rotatable bonds is 4. The van der Waals surface area contributed by atoms with E-state index in [1.807, 2.05) is 0 Å². The van der Waals surface area contributed by atoms with Crippen LogP contribution in [0.2, 0.25) is 0 Å². The van der Waals surface area contributed by atoms with Gasteiger partial charge in [0.2, 0.25) is 5.91 Å². The third-order valence-electron chi connectivity index (χ3n) is 1.34. The molecule has 1 aromatic rings. The average Bonchev–Trinajstić information content (AvgIpc) is 2.15. The summed E-state index contributed by atoms with van der Waals surface area (Å²) in [7, 11) is 0. The topological polar surface area (TPSA) is 107 Å². The molecular weight excluding hydrogens is 170 g/mol. The Morgan fingerprint density at radius 3 is 2.92 bits per heavy atom. The molecule has 0 atom stereocenters. The van der Waals surface area contributed by atoms with Gasteiger partial charge >= 0.3 is 0 Å². The Balaban J connectivity index is 2.61. The van der Waals surface area contributed by atoms with Crippen LogP contribution in [0, 0.1) is 0 Å². The third-order valence-corrected chi connectivity index (χ3v) is 1.34. The first-order valence-electron chi connectivity index (χ1n) is 3.75. The summed E-state index contributed by atoms with van der Waals surface area (Å²) in [4.78, 5) is 18.3. The Kier molecular flexibility index (Phi) is 3.15. The highest BCUT2D eigenvalue weighted by Gasteiger charge is 1.97. The quantitative estimate of drug-likeness (QED) is 0.542. The van der Waals surface area contributed by atoms with Gasteiger partial charge in [-0.3, -0.25) is 9.78 Å². The summed E-state index contributed by atoms with van der Waals surface area (Å²) in [6.07, 6.45) is 3.07. The molecule has 1 aromatic heterocycles. The SMILES string of the molecule is NCc1cncc(NCC(N)=O)n1. The summed E-state index contributed by atoms with van der Waals surface area (Å²) >= 11 is 0. The van der Waals surface area contributed by atoms with E-state index in [1.54, 1.807) is 6.20 Å². The van der Waals surface area contributed by atoms with Crippen molar-refractivity contribution in [3.8, 4) is 0 Å². The Morgan fingerprint density at radius 2 is 2.31 bits per heavy atom. The molecule has 0 aliphatic heterocycles. The van der Waals surface area contributed by atoms with Gasteiger partial charge in [-0.2, -0.15) is 0 Å². The van der Waals surface area contributed by atoms with Crippen LogP contribution >= 0.6 is 0 Å². The molecule has 0 unspecified atom stereocenters. The highest BCUT2D eigenvalue weighted by molar-refractivity contribution is 5.78. The fourth-order valence-electron chi connectivity index (χ4n) is 0.768. The highest BCUT2D eigenvalue weighted by atomic mass is 16.1. The number of hydrogen-bond donors (Lipinski definition) is 3. The molecule has 13 heavy (non-hydrogen) atoms. The van der Waals surface area contributed by atoms with Gasteiger partial charge in [0.15, 0.2) is 0 Å². The van der Waals surface area contributed by atoms with Gasteiger partial charge in [-0.05, 0) is 0 Å². The van der Waals surface area contributed by atoms with E-state index in [0.29, 0.717) is 18.1 Å². The van der Waals surface area contributed by atoms with Crippen LogP contribution < -0.4 is 16.8 Å². The van der Waals surface area contributed by atoms with Crippen LogP contribution in [0.1, 0.15) is 5.69 Å². The predicted octanol–water partition coefficient (Wildman–Crippen LogP) is -1.17. The molecule has 0 spiro atoms. The minimum atomic E-state index is -0.444. The molecule has 0 saturated heterocycles. The summed E-state index contributed by atoms with van der Waals surface area (Å²) in [6, 6.07) is 0. The van der Waals surface area contributed by atoms with E-state index < -0.39 is 5.91 Å². The van der Waals surface area contributed by atoms with Gasteiger partial charge in [-0.25, -0.2) is 4.98 Å². The first kappa shape index (κ1) is 9.40. The van der Waals surface area contributed by atoms with Crippen molar-refractivity contribution in [1.29, 1.82) is 0 Å². The van der Waals surface area contributed by atoms with E-state index in [9.17, 15) is 4.79 Å². The summed E-state index contributed by atoms with van der Waals surface area (Å²) in [5.74, 6) is 0.0571. The summed E-state index contributed by atoms with van der Waals surface area (Å²) in [6.45, 7) is 0.363. The second kappa shape index (κ2) is 4.36. The van der Waals surface area contributed by atoms with Crippen molar-refractivity contribution >= 4 is 11.7 Å². The van der Waals surface area contributed by atoms with E-state index in [4.69, 9.17) is 11.5 Å². The second-order valence-electron chi connectivity index (χ2n) is 2.42. The molecule has 0 aromatic carbocycles. The van der Waals surface area contributed by atoms with Gasteiger partial charge in [0.05, 0.1) is 18.4 Å². The lowest BCUT2D eigenvalue weighted by Gasteiger charge is -2.02. The van der Waals surface area contributed by atoms with E-state index in [2.05, 4.69) is 15.3 Å². The van der Waals surface area contributed by atoms with Crippen LogP contribution in [0.3, 0.4) is 0 Å². The minimum Gasteiger partial charge on any atom is -0.368 e. The maximum Gasteiger partial charge on any atom is 0.236 e. The predicted molar refractivity (Wildman–Crippen MR) is 47.6 cm³/mol. The van der Waals surface area contributed by atoms with E-state index in [1.165, 1.54) is 6.20 Å². The molecule has 0 fully saturated rings. The first-order chi connectivity index (χ1) is 6.22. The standard InChI is InChI=1S/C7H11N5O/c8-1-5-2-10-4-7(12-5)11-3-6(9)13/h2,4H,1,3,8H2,(H2,9,13)(H,11,12). The molecule has 1 heterocycles. The fraction of sp³-hybridized carbons (Fsp3) is 0.286. The van der Waals surface area contributed by atoms with Crippen molar-refractivity contribution in [3.05, 3.63) is 18.1 Å². The van der Waals surface area contributed by atoms with Gasteiger partial charge < -0.3 is 16.8 Å².